The Hall–Kier alpha value is -4.12. The number of aromatic nitrogens is 1. The Kier molecular flexibility index (Phi) is 6.00. The lowest BCUT2D eigenvalue weighted by molar-refractivity contribution is -0.138. The van der Waals surface area contributed by atoms with Crippen molar-refractivity contribution >= 4 is 17.4 Å². The minimum absolute atomic E-state index is 0.0842. The molecule has 2 heterocycles. The molecule has 34 heavy (non-hydrogen) atoms. The van der Waals surface area contributed by atoms with Crippen molar-refractivity contribution in [3.8, 4) is 0 Å². The Balaban J connectivity index is 1.52. The molecule has 1 N–H and O–H groups in total. The number of benzene rings is 3. The first-order valence-electron chi connectivity index (χ1n) is 11.5. The first kappa shape index (κ1) is 21.7. The summed E-state index contributed by atoms with van der Waals surface area (Å²) < 4.78 is 1.87. The fourth-order valence-electron chi connectivity index (χ4n) is 4.80. The summed E-state index contributed by atoms with van der Waals surface area (Å²) in [6.07, 6.45) is 0.515. The first-order valence-corrected chi connectivity index (χ1v) is 11.5. The smallest absolute Gasteiger partial charge is 0.312 e. The van der Waals surface area contributed by atoms with Gasteiger partial charge >= 0.3 is 5.97 Å². The monoisotopic (exact) mass is 450 g/mol. The standard InChI is InChI=1S/C29H26N2O3/c32-28(27-16-15-26-24(29(33)34)17-18-31(26)27)23-13-7-8-14-25(23)30(19-21-9-3-1-4-10-21)20-22-11-5-2-6-12-22/h1-16,24H,17-20H2,(H,33,34). The summed E-state index contributed by atoms with van der Waals surface area (Å²) in [6, 6.07) is 31.7. The van der Waals surface area contributed by atoms with Crippen LogP contribution in [-0.4, -0.2) is 21.4 Å². The van der Waals surface area contributed by atoms with Crippen molar-refractivity contribution in [3.63, 3.8) is 0 Å². The number of hydrogen-bond acceptors (Lipinski definition) is 3. The van der Waals surface area contributed by atoms with Crippen molar-refractivity contribution in [3.05, 3.63) is 125 Å². The van der Waals surface area contributed by atoms with E-state index in [0.717, 1.165) is 16.8 Å². The number of rotatable bonds is 8. The number of nitrogens with zero attached hydrogens (tertiary/aromatic N) is 2. The van der Waals surface area contributed by atoms with Gasteiger partial charge in [0, 0.05) is 36.6 Å². The summed E-state index contributed by atoms with van der Waals surface area (Å²) in [4.78, 5) is 27.6. The molecule has 0 radical (unpaired) electrons. The van der Waals surface area contributed by atoms with Crippen molar-refractivity contribution < 1.29 is 14.7 Å². The van der Waals surface area contributed by atoms with Crippen LogP contribution in [0, 0.1) is 0 Å². The maximum Gasteiger partial charge on any atom is 0.312 e. The molecule has 5 rings (SSSR count). The number of aliphatic carboxylic acids is 1. The number of ketones is 1. The molecule has 3 aromatic carbocycles. The quantitative estimate of drug-likeness (QED) is 0.360. The van der Waals surface area contributed by atoms with Gasteiger partial charge in [-0.05, 0) is 41.8 Å². The van der Waals surface area contributed by atoms with Crippen LogP contribution < -0.4 is 4.90 Å². The van der Waals surface area contributed by atoms with Gasteiger partial charge in [0.05, 0.1) is 11.6 Å². The lowest BCUT2D eigenvalue weighted by atomic mass is 10.0. The van der Waals surface area contributed by atoms with Crippen LogP contribution >= 0.6 is 0 Å². The van der Waals surface area contributed by atoms with Crippen molar-refractivity contribution in [2.24, 2.45) is 0 Å². The SMILES string of the molecule is O=C(c1ccccc1N(Cc1ccccc1)Cc1ccccc1)c1ccc2n1CCC2C(=O)O. The molecule has 1 atom stereocenters. The summed E-state index contributed by atoms with van der Waals surface area (Å²) in [5.74, 6) is -1.48. The van der Waals surface area contributed by atoms with Crippen LogP contribution in [0.4, 0.5) is 5.69 Å². The zero-order chi connectivity index (χ0) is 23.5. The third-order valence-electron chi connectivity index (χ3n) is 6.47. The number of anilines is 1. The molecule has 1 aliphatic rings. The molecule has 0 bridgehead atoms. The molecule has 0 saturated carbocycles. The average Bonchev–Trinajstić information content (AvgIpc) is 3.47. The molecule has 0 spiro atoms. The summed E-state index contributed by atoms with van der Waals surface area (Å²) in [5, 5.41) is 9.52. The number of carboxylic acid groups (broad SMARTS) is 1. The van der Waals surface area contributed by atoms with Gasteiger partial charge in [0.25, 0.3) is 0 Å². The van der Waals surface area contributed by atoms with Crippen molar-refractivity contribution in [2.75, 3.05) is 4.90 Å². The van der Waals surface area contributed by atoms with Crippen LogP contribution in [0.5, 0.6) is 0 Å². The fraction of sp³-hybridized carbons (Fsp3) is 0.172. The second kappa shape index (κ2) is 9.40. The van der Waals surface area contributed by atoms with Gasteiger partial charge in [0.1, 0.15) is 0 Å². The van der Waals surface area contributed by atoms with Crippen LogP contribution in [0.15, 0.2) is 97.1 Å². The molecular formula is C29H26N2O3. The number of fused-ring (bicyclic) bond motifs is 1. The topological polar surface area (TPSA) is 62.5 Å². The highest BCUT2D eigenvalue weighted by molar-refractivity contribution is 6.11. The number of carbonyl (C=O) groups excluding carboxylic acids is 1. The van der Waals surface area contributed by atoms with Crippen LogP contribution in [0.3, 0.4) is 0 Å². The molecular weight excluding hydrogens is 424 g/mol. The maximum absolute atomic E-state index is 13.8. The molecule has 5 heteroatoms. The van der Waals surface area contributed by atoms with Crippen LogP contribution in [0.2, 0.25) is 0 Å². The highest BCUT2D eigenvalue weighted by Crippen LogP contribution is 2.33. The van der Waals surface area contributed by atoms with Gasteiger partial charge in [-0.3, -0.25) is 9.59 Å². The van der Waals surface area contributed by atoms with E-state index in [9.17, 15) is 14.7 Å². The van der Waals surface area contributed by atoms with E-state index in [0.29, 0.717) is 43.0 Å². The largest absolute Gasteiger partial charge is 0.481 e. The van der Waals surface area contributed by atoms with Crippen LogP contribution in [0.25, 0.3) is 0 Å². The lowest BCUT2D eigenvalue weighted by Crippen LogP contribution is -2.24. The van der Waals surface area contributed by atoms with Gasteiger partial charge in [-0.25, -0.2) is 0 Å². The Labute approximate surface area is 198 Å². The van der Waals surface area contributed by atoms with Crippen molar-refractivity contribution in [1.29, 1.82) is 0 Å². The summed E-state index contributed by atoms with van der Waals surface area (Å²) in [5.41, 5.74) is 5.06. The Morgan fingerprint density at radius 3 is 2.00 bits per heavy atom. The molecule has 0 amide bonds. The number of para-hydroxylation sites is 1. The molecule has 5 nitrogen and oxygen atoms in total. The van der Waals surface area contributed by atoms with Gasteiger partial charge in [-0.1, -0.05) is 72.8 Å². The van der Waals surface area contributed by atoms with E-state index in [1.54, 1.807) is 12.1 Å². The minimum Gasteiger partial charge on any atom is -0.481 e. The molecule has 170 valence electrons. The summed E-state index contributed by atoms with van der Waals surface area (Å²) in [7, 11) is 0. The third kappa shape index (κ3) is 4.25. The molecule has 0 saturated heterocycles. The van der Waals surface area contributed by atoms with E-state index < -0.39 is 11.9 Å². The first-order chi connectivity index (χ1) is 16.6. The summed E-state index contributed by atoms with van der Waals surface area (Å²) in [6.45, 7) is 1.86. The normalized spacial score (nSPS) is 14.5. The van der Waals surface area contributed by atoms with E-state index in [4.69, 9.17) is 0 Å². The van der Waals surface area contributed by atoms with Gasteiger partial charge in [-0.15, -0.1) is 0 Å². The molecule has 0 fully saturated rings. The van der Waals surface area contributed by atoms with Gasteiger partial charge in [0.15, 0.2) is 0 Å². The Morgan fingerprint density at radius 2 is 1.38 bits per heavy atom. The molecule has 1 aromatic heterocycles. The fourth-order valence-corrected chi connectivity index (χ4v) is 4.80. The van der Waals surface area contributed by atoms with E-state index in [1.807, 2.05) is 65.2 Å². The predicted molar refractivity (Wildman–Crippen MR) is 132 cm³/mol. The van der Waals surface area contributed by atoms with E-state index in [1.165, 1.54) is 0 Å². The Bertz CT molecular complexity index is 1270. The zero-order valence-corrected chi connectivity index (χ0v) is 18.8. The van der Waals surface area contributed by atoms with Gasteiger partial charge in [0.2, 0.25) is 5.78 Å². The molecule has 1 aliphatic heterocycles. The zero-order valence-electron chi connectivity index (χ0n) is 18.8. The maximum atomic E-state index is 13.8. The van der Waals surface area contributed by atoms with Crippen LogP contribution in [-0.2, 0) is 24.4 Å². The van der Waals surface area contributed by atoms with Gasteiger partial charge < -0.3 is 14.6 Å². The van der Waals surface area contributed by atoms with E-state index in [2.05, 4.69) is 29.2 Å². The number of carbonyl (C=O) groups is 2. The van der Waals surface area contributed by atoms with E-state index >= 15 is 0 Å². The molecule has 4 aromatic rings. The second-order valence-corrected chi connectivity index (χ2v) is 8.65. The highest BCUT2D eigenvalue weighted by Gasteiger charge is 2.32. The molecule has 1 unspecified atom stereocenters. The predicted octanol–water partition coefficient (Wildman–Crippen LogP) is 5.50. The molecule has 0 aliphatic carbocycles. The number of carboxylic acids is 1. The Morgan fingerprint density at radius 1 is 0.794 bits per heavy atom. The third-order valence-corrected chi connectivity index (χ3v) is 6.47. The van der Waals surface area contributed by atoms with Crippen LogP contribution in [0.1, 0.15) is 45.2 Å². The minimum atomic E-state index is -0.840. The second-order valence-electron chi connectivity index (χ2n) is 8.65. The van der Waals surface area contributed by atoms with E-state index in [-0.39, 0.29) is 5.78 Å². The highest BCUT2D eigenvalue weighted by atomic mass is 16.4. The lowest BCUT2D eigenvalue weighted by Gasteiger charge is -2.27. The van der Waals surface area contributed by atoms with Gasteiger partial charge in [-0.2, -0.15) is 0 Å². The number of hydrogen-bond donors (Lipinski definition) is 1. The van der Waals surface area contributed by atoms with Crippen molar-refractivity contribution in [1.82, 2.24) is 4.57 Å². The average molecular weight is 451 g/mol. The summed E-state index contributed by atoms with van der Waals surface area (Å²) >= 11 is 0. The van der Waals surface area contributed by atoms with Crippen molar-refractivity contribution in [2.45, 2.75) is 32.0 Å².